The van der Waals surface area contributed by atoms with Crippen molar-refractivity contribution in [2.45, 2.75) is 32.4 Å². The van der Waals surface area contributed by atoms with Gasteiger partial charge in [0, 0.05) is 4.88 Å². The van der Waals surface area contributed by atoms with E-state index in [9.17, 15) is 22.8 Å². The first kappa shape index (κ1) is 24.7. The number of hydrogen-bond donors (Lipinski definition) is 1. The van der Waals surface area contributed by atoms with Crippen molar-refractivity contribution in [3.8, 4) is 10.6 Å². The second-order valence-electron chi connectivity index (χ2n) is 8.40. The monoisotopic (exact) mass is 554 g/mol. The first-order valence-electron chi connectivity index (χ1n) is 10.8. The zero-order valence-corrected chi connectivity index (χ0v) is 21.3. The van der Waals surface area contributed by atoms with E-state index in [1.54, 1.807) is 17.5 Å². The third-order valence-electron chi connectivity index (χ3n) is 5.94. The van der Waals surface area contributed by atoms with Crippen LogP contribution in [-0.4, -0.2) is 33.6 Å². The van der Waals surface area contributed by atoms with Gasteiger partial charge in [-0.1, -0.05) is 24.6 Å². The summed E-state index contributed by atoms with van der Waals surface area (Å²) in [5.74, 6) is -1.03. The van der Waals surface area contributed by atoms with E-state index in [0.717, 1.165) is 29.3 Å². The lowest BCUT2D eigenvalue weighted by Gasteiger charge is -2.18. The fourth-order valence-corrected chi connectivity index (χ4v) is 6.53. The average Bonchev–Trinajstić information content (AvgIpc) is 3.55. The highest BCUT2D eigenvalue weighted by Crippen LogP contribution is 2.41. The number of methoxy groups -OCH3 is 1. The van der Waals surface area contributed by atoms with E-state index in [1.165, 1.54) is 29.8 Å². The summed E-state index contributed by atoms with van der Waals surface area (Å²) < 4.78 is 47.1. The molecule has 0 saturated carbocycles. The van der Waals surface area contributed by atoms with Gasteiger partial charge >= 0.3 is 12.1 Å². The molecule has 1 atom stereocenters. The number of hydrogen-bond acceptors (Lipinski definition) is 7. The number of nitrogens with one attached hydrogen (secondary N) is 1. The van der Waals surface area contributed by atoms with Gasteiger partial charge in [0.15, 0.2) is 17.0 Å². The predicted octanol–water partition coefficient (Wildman–Crippen LogP) is 6.36. The second kappa shape index (κ2) is 9.16. The smallest absolute Gasteiger partial charge is 0.433 e. The molecule has 1 unspecified atom stereocenters. The number of nitrogens with zero attached hydrogens (tertiary/aromatic N) is 3. The average molecular weight is 555 g/mol. The maximum absolute atomic E-state index is 13.9. The molecule has 0 radical (unpaired) electrons. The number of anilines is 1. The van der Waals surface area contributed by atoms with Crippen molar-refractivity contribution in [1.29, 1.82) is 0 Å². The Morgan fingerprint density at radius 3 is 2.78 bits per heavy atom. The summed E-state index contributed by atoms with van der Waals surface area (Å²) in [6, 6.07) is 4.19. The van der Waals surface area contributed by atoms with Crippen molar-refractivity contribution >= 4 is 56.8 Å². The van der Waals surface area contributed by atoms with Crippen LogP contribution in [0.25, 0.3) is 16.2 Å². The molecule has 1 amide bonds. The van der Waals surface area contributed by atoms with Gasteiger partial charge in [0.2, 0.25) is 0 Å². The maximum Gasteiger partial charge on any atom is 0.433 e. The molecule has 0 spiro atoms. The van der Waals surface area contributed by atoms with Crippen LogP contribution in [0.1, 0.15) is 50.3 Å². The van der Waals surface area contributed by atoms with Crippen molar-refractivity contribution in [2.24, 2.45) is 5.92 Å². The highest BCUT2D eigenvalue weighted by molar-refractivity contribution is 7.17. The first-order valence-corrected chi connectivity index (χ1v) is 12.9. The Labute approximate surface area is 215 Å². The van der Waals surface area contributed by atoms with Crippen LogP contribution in [0.15, 0.2) is 23.6 Å². The van der Waals surface area contributed by atoms with E-state index in [1.807, 2.05) is 0 Å². The number of amides is 1. The topological polar surface area (TPSA) is 85.6 Å². The number of rotatable bonds is 4. The summed E-state index contributed by atoms with van der Waals surface area (Å²) in [6.45, 7) is 2.10. The molecule has 4 heterocycles. The van der Waals surface area contributed by atoms with E-state index in [2.05, 4.69) is 22.3 Å². The SMILES string of the molecule is COC(=O)c1c(NC(=O)c2nn3c(C(F)(F)F)cc(-c4cccs4)nc3c2Cl)sc2c1CCC(C)C2. The van der Waals surface area contributed by atoms with Gasteiger partial charge in [-0.2, -0.15) is 18.3 Å². The molecule has 5 rings (SSSR count). The molecule has 7 nitrogen and oxygen atoms in total. The van der Waals surface area contributed by atoms with Crippen LogP contribution in [0.3, 0.4) is 0 Å². The van der Waals surface area contributed by atoms with E-state index >= 15 is 0 Å². The number of carbonyl (C=O) groups excluding carboxylic acids is 2. The second-order valence-corrected chi connectivity index (χ2v) is 10.8. The Bertz CT molecular complexity index is 1490. The minimum atomic E-state index is -4.78. The van der Waals surface area contributed by atoms with Crippen LogP contribution in [0, 0.1) is 5.92 Å². The minimum Gasteiger partial charge on any atom is -0.465 e. The molecular formula is C23H18ClF3N4O3S2. The summed E-state index contributed by atoms with van der Waals surface area (Å²) >= 11 is 8.83. The highest BCUT2D eigenvalue weighted by atomic mass is 35.5. The van der Waals surface area contributed by atoms with Gasteiger partial charge in [-0.05, 0) is 48.3 Å². The first-order chi connectivity index (χ1) is 17.1. The summed E-state index contributed by atoms with van der Waals surface area (Å²) in [7, 11) is 1.25. The Kier molecular flexibility index (Phi) is 6.29. The standard InChI is InChI=1S/C23H18ClF3N4O3S2/c1-10-5-6-11-14(8-10)36-21(16(11)22(33)34-2)29-20(32)18-17(24)19-28-12(13-4-3-7-35-13)9-15(23(25,26)27)31(19)30-18/h3-4,7,9-10H,5-6,8H2,1-2H3,(H,29,32). The molecular weight excluding hydrogens is 537 g/mol. The third-order valence-corrected chi connectivity index (χ3v) is 8.35. The van der Waals surface area contributed by atoms with Gasteiger partial charge in [0.1, 0.15) is 10.0 Å². The van der Waals surface area contributed by atoms with E-state index in [-0.39, 0.29) is 26.9 Å². The van der Waals surface area contributed by atoms with Crippen LogP contribution in [-0.2, 0) is 23.8 Å². The summed E-state index contributed by atoms with van der Waals surface area (Å²) in [6.07, 6.45) is -2.48. The van der Waals surface area contributed by atoms with Crippen molar-refractivity contribution in [3.63, 3.8) is 0 Å². The van der Waals surface area contributed by atoms with Crippen molar-refractivity contribution in [1.82, 2.24) is 14.6 Å². The van der Waals surface area contributed by atoms with Crippen LogP contribution in [0.2, 0.25) is 5.02 Å². The summed E-state index contributed by atoms with van der Waals surface area (Å²) in [5, 5.41) is 8.13. The normalized spacial score (nSPS) is 15.7. The molecule has 0 fully saturated rings. The van der Waals surface area contributed by atoms with Gasteiger partial charge in [-0.25, -0.2) is 14.3 Å². The van der Waals surface area contributed by atoms with Crippen molar-refractivity contribution < 1.29 is 27.5 Å². The van der Waals surface area contributed by atoms with Crippen LogP contribution < -0.4 is 5.32 Å². The fraction of sp³-hybridized carbons (Fsp3) is 0.304. The molecule has 36 heavy (non-hydrogen) atoms. The number of esters is 1. The molecule has 188 valence electrons. The Morgan fingerprint density at radius 2 is 2.11 bits per heavy atom. The number of carbonyl (C=O) groups is 2. The number of halogens is 4. The van der Waals surface area contributed by atoms with Gasteiger partial charge in [-0.15, -0.1) is 22.7 Å². The van der Waals surface area contributed by atoms with Crippen LogP contribution >= 0.6 is 34.3 Å². The molecule has 4 aromatic rings. The fourth-order valence-electron chi connectivity index (χ4n) is 4.21. The molecule has 4 aromatic heterocycles. The van der Waals surface area contributed by atoms with Crippen molar-refractivity contribution in [3.05, 3.63) is 56.0 Å². The predicted molar refractivity (Wildman–Crippen MR) is 131 cm³/mol. The highest BCUT2D eigenvalue weighted by Gasteiger charge is 2.37. The van der Waals surface area contributed by atoms with Crippen LogP contribution in [0.4, 0.5) is 18.2 Å². The Balaban J connectivity index is 1.59. The van der Waals surface area contributed by atoms with E-state index < -0.39 is 29.4 Å². The van der Waals surface area contributed by atoms with E-state index in [0.29, 0.717) is 21.7 Å². The molecule has 1 aliphatic carbocycles. The van der Waals surface area contributed by atoms with Gasteiger partial charge in [-0.3, -0.25) is 4.79 Å². The van der Waals surface area contributed by atoms with E-state index in [4.69, 9.17) is 16.3 Å². The lowest BCUT2D eigenvalue weighted by atomic mass is 9.88. The molecule has 1 N–H and O–H groups in total. The number of alkyl halides is 3. The Morgan fingerprint density at radius 1 is 1.33 bits per heavy atom. The minimum absolute atomic E-state index is 0.0617. The zero-order chi connectivity index (χ0) is 25.8. The molecule has 0 bridgehead atoms. The Hall–Kier alpha value is -2.96. The number of fused-ring (bicyclic) bond motifs is 2. The lowest BCUT2D eigenvalue weighted by Crippen LogP contribution is -2.17. The molecule has 1 aliphatic rings. The zero-order valence-electron chi connectivity index (χ0n) is 18.9. The summed E-state index contributed by atoms with van der Waals surface area (Å²) in [5.41, 5.74) is -0.713. The maximum atomic E-state index is 13.9. The number of ether oxygens (including phenoxy) is 1. The molecule has 0 saturated heterocycles. The molecule has 13 heteroatoms. The van der Waals surface area contributed by atoms with Crippen LogP contribution in [0.5, 0.6) is 0 Å². The van der Waals surface area contributed by atoms with Gasteiger partial charge < -0.3 is 10.1 Å². The molecule has 0 aromatic carbocycles. The summed E-state index contributed by atoms with van der Waals surface area (Å²) in [4.78, 5) is 31.4. The van der Waals surface area contributed by atoms with Gasteiger partial charge in [0.25, 0.3) is 5.91 Å². The lowest BCUT2D eigenvalue weighted by molar-refractivity contribution is -0.142. The quantitative estimate of drug-likeness (QED) is 0.297. The number of aromatic nitrogens is 3. The van der Waals surface area contributed by atoms with Gasteiger partial charge in [0.05, 0.1) is 23.2 Å². The van der Waals surface area contributed by atoms with Crippen molar-refractivity contribution in [2.75, 3.05) is 12.4 Å². The third kappa shape index (κ3) is 4.27. The largest absolute Gasteiger partial charge is 0.465 e. The number of thiophene rings is 2. The molecule has 0 aliphatic heterocycles.